The Morgan fingerprint density at radius 2 is 1.85 bits per heavy atom. The molecule has 0 spiro atoms. The van der Waals surface area contributed by atoms with Crippen molar-refractivity contribution in [3.8, 4) is 11.5 Å². The molecule has 1 aromatic heterocycles. The van der Waals surface area contributed by atoms with E-state index in [9.17, 15) is 13.2 Å². The number of amides is 1. The molecule has 148 valence electrons. The average molecular weight is 397 g/mol. The van der Waals surface area contributed by atoms with E-state index in [4.69, 9.17) is 13.9 Å². The van der Waals surface area contributed by atoms with E-state index in [0.29, 0.717) is 23.5 Å². The highest BCUT2D eigenvalue weighted by Gasteiger charge is 2.25. The van der Waals surface area contributed by atoms with Crippen LogP contribution in [-0.2, 0) is 9.84 Å². The van der Waals surface area contributed by atoms with Crippen LogP contribution in [0.15, 0.2) is 27.8 Å². The Balaban J connectivity index is 2.28. The van der Waals surface area contributed by atoms with Crippen molar-refractivity contribution in [1.29, 1.82) is 0 Å². The smallest absolute Gasteiger partial charge is 0.335 e. The first-order valence-electron chi connectivity index (χ1n) is 8.22. The fourth-order valence-corrected chi connectivity index (χ4v) is 2.85. The third-order valence-electron chi connectivity index (χ3n) is 3.70. The zero-order valence-electron chi connectivity index (χ0n) is 15.8. The quantitative estimate of drug-likeness (QED) is 0.718. The predicted molar refractivity (Wildman–Crippen MR) is 96.6 cm³/mol. The summed E-state index contributed by atoms with van der Waals surface area (Å²) in [5, 5.41) is 9.67. The monoisotopic (exact) mass is 397 g/mol. The molecule has 0 fully saturated rings. The second-order valence-electron chi connectivity index (χ2n) is 6.40. The van der Waals surface area contributed by atoms with Gasteiger partial charge in [-0.3, -0.25) is 4.79 Å². The topological polar surface area (TPSA) is 121 Å². The molecule has 1 aromatic carbocycles. The summed E-state index contributed by atoms with van der Waals surface area (Å²) < 4.78 is 38.7. The predicted octanol–water partition coefficient (Wildman–Crippen LogP) is 2.01. The molecular weight excluding hydrogens is 374 g/mol. The zero-order chi connectivity index (χ0) is 20.2. The first-order chi connectivity index (χ1) is 12.7. The van der Waals surface area contributed by atoms with Crippen LogP contribution in [0.25, 0.3) is 0 Å². The van der Waals surface area contributed by atoms with E-state index < -0.39 is 21.1 Å². The normalized spacial score (nSPS) is 12.7. The van der Waals surface area contributed by atoms with E-state index in [0.717, 1.165) is 6.26 Å². The van der Waals surface area contributed by atoms with Gasteiger partial charge in [0.25, 0.3) is 5.91 Å². The number of rotatable bonds is 8. The van der Waals surface area contributed by atoms with Gasteiger partial charge in [-0.2, -0.15) is 0 Å². The molecule has 0 radical (unpaired) electrons. The number of methoxy groups -OCH3 is 2. The van der Waals surface area contributed by atoms with Gasteiger partial charge < -0.3 is 19.2 Å². The number of nitrogens with zero attached hydrogens (tertiary/aromatic N) is 2. The molecule has 0 unspecified atom stereocenters. The zero-order valence-corrected chi connectivity index (χ0v) is 16.7. The van der Waals surface area contributed by atoms with Crippen molar-refractivity contribution < 1.29 is 27.1 Å². The minimum atomic E-state index is -3.62. The fraction of sp³-hybridized carbons (Fsp3) is 0.471. The van der Waals surface area contributed by atoms with Crippen LogP contribution in [0, 0.1) is 5.92 Å². The van der Waals surface area contributed by atoms with E-state index in [1.807, 2.05) is 13.8 Å². The van der Waals surface area contributed by atoms with Crippen molar-refractivity contribution in [3.05, 3.63) is 29.7 Å². The largest absolute Gasteiger partial charge is 0.493 e. The summed E-state index contributed by atoms with van der Waals surface area (Å²) in [6.07, 6.45) is 1.47. The maximum atomic E-state index is 12.7. The number of aromatic nitrogens is 2. The van der Waals surface area contributed by atoms with Gasteiger partial charge in [0.2, 0.25) is 15.7 Å². The van der Waals surface area contributed by atoms with Crippen molar-refractivity contribution in [1.82, 2.24) is 15.5 Å². The van der Waals surface area contributed by atoms with E-state index in [-0.39, 0.29) is 17.7 Å². The lowest BCUT2D eigenvalue weighted by atomic mass is 10.0. The highest BCUT2D eigenvalue weighted by atomic mass is 32.2. The third kappa shape index (κ3) is 5.19. The second kappa shape index (κ2) is 8.38. The molecule has 1 atom stereocenters. The van der Waals surface area contributed by atoms with Gasteiger partial charge in [-0.25, -0.2) is 8.42 Å². The summed E-state index contributed by atoms with van der Waals surface area (Å²) in [5.41, 5.74) is 0.351. The molecular formula is C17H23N3O6S. The summed E-state index contributed by atoms with van der Waals surface area (Å²) in [4.78, 5) is 12.7. The highest BCUT2D eigenvalue weighted by Crippen LogP contribution is 2.28. The molecule has 0 aliphatic heterocycles. The Labute approximate surface area is 158 Å². The van der Waals surface area contributed by atoms with Crippen molar-refractivity contribution in [2.75, 3.05) is 20.5 Å². The van der Waals surface area contributed by atoms with E-state index in [2.05, 4.69) is 15.5 Å². The summed E-state index contributed by atoms with van der Waals surface area (Å²) in [6.45, 7) is 3.92. The molecule has 0 bridgehead atoms. The lowest BCUT2D eigenvalue weighted by molar-refractivity contribution is 0.0923. The molecule has 2 aromatic rings. The van der Waals surface area contributed by atoms with Crippen LogP contribution in [0.3, 0.4) is 0 Å². The minimum Gasteiger partial charge on any atom is -0.493 e. The Hall–Kier alpha value is -2.62. The maximum absolute atomic E-state index is 12.7. The van der Waals surface area contributed by atoms with E-state index in [1.165, 1.54) is 14.2 Å². The molecule has 9 nitrogen and oxygen atoms in total. The van der Waals surface area contributed by atoms with Crippen molar-refractivity contribution in [2.45, 2.75) is 31.5 Å². The number of carbonyl (C=O) groups is 1. The Morgan fingerprint density at radius 3 is 2.37 bits per heavy atom. The average Bonchev–Trinajstić information content (AvgIpc) is 3.10. The van der Waals surface area contributed by atoms with Crippen molar-refractivity contribution in [3.63, 3.8) is 0 Å². The van der Waals surface area contributed by atoms with Crippen molar-refractivity contribution >= 4 is 15.7 Å². The number of nitrogens with one attached hydrogen (secondary N) is 1. The van der Waals surface area contributed by atoms with Gasteiger partial charge in [-0.1, -0.05) is 18.9 Å². The van der Waals surface area contributed by atoms with Crippen molar-refractivity contribution in [2.24, 2.45) is 5.92 Å². The number of carbonyl (C=O) groups excluding carboxylic acids is 1. The van der Waals surface area contributed by atoms with E-state index >= 15 is 0 Å². The van der Waals surface area contributed by atoms with Gasteiger partial charge in [-0.15, -0.1) is 5.10 Å². The maximum Gasteiger partial charge on any atom is 0.335 e. The Morgan fingerprint density at radius 1 is 1.19 bits per heavy atom. The van der Waals surface area contributed by atoms with Crippen LogP contribution < -0.4 is 14.8 Å². The lowest BCUT2D eigenvalue weighted by Gasteiger charge is -2.17. The lowest BCUT2D eigenvalue weighted by Crippen LogP contribution is -2.29. The molecule has 10 heteroatoms. The van der Waals surface area contributed by atoms with Gasteiger partial charge in [0.05, 0.1) is 14.2 Å². The SMILES string of the molecule is COc1ccc(C(=O)N[C@@H](CC(C)C)c2nnc(S(C)(=O)=O)o2)cc1OC. The third-order valence-corrected chi connectivity index (χ3v) is 4.49. The summed E-state index contributed by atoms with van der Waals surface area (Å²) in [6, 6.07) is 4.14. The molecule has 1 amide bonds. The molecule has 1 N–H and O–H groups in total. The molecule has 0 aliphatic rings. The van der Waals surface area contributed by atoms with Gasteiger partial charge in [0.15, 0.2) is 11.5 Å². The number of benzene rings is 1. The summed E-state index contributed by atoms with van der Waals surface area (Å²) in [7, 11) is -0.641. The van der Waals surface area contributed by atoms with Crippen LogP contribution in [0.1, 0.15) is 42.6 Å². The Bertz CT molecular complexity index is 907. The van der Waals surface area contributed by atoms with Gasteiger partial charge in [-0.05, 0) is 30.5 Å². The molecule has 0 aliphatic carbocycles. The van der Waals surface area contributed by atoms with Gasteiger partial charge in [0.1, 0.15) is 6.04 Å². The molecule has 27 heavy (non-hydrogen) atoms. The standard InChI is InChI=1S/C17H23N3O6S/c1-10(2)8-12(16-19-20-17(26-16)27(5,22)23)18-15(21)11-6-7-13(24-3)14(9-11)25-4/h6-7,9-10,12H,8H2,1-5H3,(H,18,21)/t12-/m0/s1. The van der Waals surface area contributed by atoms with Crippen LogP contribution in [0.2, 0.25) is 0 Å². The summed E-state index contributed by atoms with van der Waals surface area (Å²) >= 11 is 0. The Kier molecular flexibility index (Phi) is 6.42. The van der Waals surface area contributed by atoms with Crippen LogP contribution in [0.5, 0.6) is 11.5 Å². The van der Waals surface area contributed by atoms with Crippen LogP contribution in [-0.4, -0.2) is 45.0 Å². The molecule has 0 saturated carbocycles. The van der Waals surface area contributed by atoms with Crippen LogP contribution in [0.4, 0.5) is 0 Å². The minimum absolute atomic E-state index is 0.0398. The number of ether oxygens (including phenoxy) is 2. The number of hydrogen-bond donors (Lipinski definition) is 1. The van der Waals surface area contributed by atoms with Gasteiger partial charge in [0, 0.05) is 11.8 Å². The summed E-state index contributed by atoms with van der Waals surface area (Å²) in [5.74, 6) is 0.762. The fourth-order valence-electron chi connectivity index (χ4n) is 2.42. The first-order valence-corrected chi connectivity index (χ1v) is 10.1. The number of hydrogen-bond acceptors (Lipinski definition) is 8. The first kappa shape index (κ1) is 20.7. The molecule has 2 rings (SSSR count). The van der Waals surface area contributed by atoms with Gasteiger partial charge >= 0.3 is 5.22 Å². The second-order valence-corrected chi connectivity index (χ2v) is 8.30. The van der Waals surface area contributed by atoms with E-state index in [1.54, 1.807) is 18.2 Å². The van der Waals surface area contributed by atoms with Crippen LogP contribution >= 0.6 is 0 Å². The number of sulfone groups is 1. The highest BCUT2D eigenvalue weighted by molar-refractivity contribution is 7.90. The molecule has 0 saturated heterocycles. The molecule has 1 heterocycles.